The number of ether oxygens (including phenoxy) is 1. The Hall–Kier alpha value is -1.37. The van der Waals surface area contributed by atoms with Gasteiger partial charge >= 0.3 is 0 Å². The highest BCUT2D eigenvalue weighted by Crippen LogP contribution is 2.72. The normalized spacial score (nSPS) is 30.5. The lowest BCUT2D eigenvalue weighted by atomic mass is 9.89. The van der Waals surface area contributed by atoms with Crippen LogP contribution in [0.5, 0.6) is 5.75 Å². The predicted octanol–water partition coefficient (Wildman–Crippen LogP) is 5.45. The maximum absolute atomic E-state index is 14.6. The summed E-state index contributed by atoms with van der Waals surface area (Å²) >= 11 is 1.34. The summed E-state index contributed by atoms with van der Waals surface area (Å²) in [6, 6.07) is 2.78. The summed E-state index contributed by atoms with van der Waals surface area (Å²) in [6.45, 7) is -0.0765. The molecule has 152 valence electrons. The fourth-order valence-corrected chi connectivity index (χ4v) is 5.37. The van der Waals surface area contributed by atoms with Crippen LogP contribution in [0.15, 0.2) is 12.1 Å². The molecule has 1 N–H and O–H groups in total. The molecule has 4 saturated carbocycles. The molecule has 4 fully saturated rings. The lowest BCUT2D eigenvalue weighted by Crippen LogP contribution is -2.23. The monoisotopic (exact) mass is 411 g/mol. The van der Waals surface area contributed by atoms with Crippen molar-refractivity contribution in [3.05, 3.63) is 29.1 Å². The largest absolute Gasteiger partial charge is 0.492 e. The second-order valence-corrected chi connectivity index (χ2v) is 9.87. The molecule has 0 spiro atoms. The Balaban J connectivity index is 1.34. The molecule has 0 bridgehead atoms. The number of amides is 1. The molecule has 0 heterocycles. The number of halogens is 3. The summed E-state index contributed by atoms with van der Waals surface area (Å²) in [5.74, 6) is -3.84. The van der Waals surface area contributed by atoms with E-state index in [1.165, 1.54) is 18.0 Å². The number of rotatable bonds is 7. The fraction of sp³-hybridized carbons (Fsp3) is 0.667. The second-order valence-electron chi connectivity index (χ2n) is 8.76. The Morgan fingerprint density at radius 3 is 2.64 bits per heavy atom. The van der Waals surface area contributed by atoms with Crippen molar-refractivity contribution >= 4 is 17.9 Å². The molecule has 0 radical (unpaired) electrons. The molecule has 3 nitrogen and oxygen atoms in total. The van der Waals surface area contributed by atoms with Gasteiger partial charge in [0.2, 0.25) is 0 Å². The third kappa shape index (κ3) is 3.10. The predicted molar refractivity (Wildman–Crippen MR) is 101 cm³/mol. The van der Waals surface area contributed by atoms with Gasteiger partial charge < -0.3 is 4.74 Å². The highest BCUT2D eigenvalue weighted by molar-refractivity contribution is 7.98. The third-order valence-electron chi connectivity index (χ3n) is 6.74. The number of hydrogen-bond acceptors (Lipinski definition) is 3. The first-order valence-electron chi connectivity index (χ1n) is 10.2. The van der Waals surface area contributed by atoms with Crippen molar-refractivity contribution in [3.8, 4) is 5.75 Å². The van der Waals surface area contributed by atoms with E-state index in [1.807, 2.05) is 0 Å². The van der Waals surface area contributed by atoms with E-state index in [0.29, 0.717) is 23.8 Å². The van der Waals surface area contributed by atoms with Gasteiger partial charge in [0, 0.05) is 17.2 Å². The van der Waals surface area contributed by atoms with Crippen LogP contribution in [-0.4, -0.2) is 23.7 Å². The molecule has 0 aliphatic heterocycles. The van der Waals surface area contributed by atoms with Crippen LogP contribution in [0.4, 0.5) is 13.2 Å². The van der Waals surface area contributed by atoms with Crippen LogP contribution >= 0.6 is 11.9 Å². The molecule has 4 aliphatic carbocycles. The van der Waals surface area contributed by atoms with Gasteiger partial charge in [0.25, 0.3) is 11.8 Å². The maximum atomic E-state index is 14.6. The second kappa shape index (κ2) is 6.57. The quantitative estimate of drug-likeness (QED) is 0.607. The molecule has 0 aromatic heterocycles. The van der Waals surface area contributed by atoms with Gasteiger partial charge in [0.15, 0.2) is 0 Å². The standard InChI is InChI=1S/C21H24F3NO2S/c22-16-10-17(27-11-20-8-2-1-3-18(20)21(20,23)24)14(12-4-5-12)9-15(16)19(26)25-28-13-6-7-13/h9-10,12-13,18H,1-8,11H2,(H,25,26). The van der Waals surface area contributed by atoms with Crippen LogP contribution in [0.25, 0.3) is 0 Å². The SMILES string of the molecule is O=C(NSC1CC1)c1cc(C2CC2)c(OCC23CCCCC2C3(F)F)cc1F. The van der Waals surface area contributed by atoms with Crippen molar-refractivity contribution < 1.29 is 22.7 Å². The molecule has 2 unspecified atom stereocenters. The van der Waals surface area contributed by atoms with E-state index in [0.717, 1.165) is 44.1 Å². The van der Waals surface area contributed by atoms with Gasteiger partial charge in [-0.1, -0.05) is 12.8 Å². The average Bonchev–Trinajstić information content (AvgIpc) is 3.56. The maximum Gasteiger partial charge on any atom is 0.264 e. The number of benzene rings is 1. The Morgan fingerprint density at radius 2 is 1.96 bits per heavy atom. The Morgan fingerprint density at radius 1 is 1.18 bits per heavy atom. The zero-order chi connectivity index (χ0) is 19.5. The molecule has 4 aliphatic rings. The van der Waals surface area contributed by atoms with Crippen LogP contribution in [0.3, 0.4) is 0 Å². The zero-order valence-corrected chi connectivity index (χ0v) is 16.4. The van der Waals surface area contributed by atoms with Crippen LogP contribution in [-0.2, 0) is 0 Å². The molecule has 1 aromatic carbocycles. The smallest absolute Gasteiger partial charge is 0.264 e. The van der Waals surface area contributed by atoms with Crippen molar-refractivity contribution in [2.24, 2.45) is 11.3 Å². The zero-order valence-electron chi connectivity index (χ0n) is 15.6. The molecule has 1 amide bonds. The lowest BCUT2D eigenvalue weighted by molar-refractivity contribution is 0.0368. The van der Waals surface area contributed by atoms with Gasteiger partial charge in [-0.05, 0) is 68.0 Å². The van der Waals surface area contributed by atoms with Crippen LogP contribution in [0.1, 0.15) is 73.2 Å². The van der Waals surface area contributed by atoms with Crippen molar-refractivity contribution in [2.75, 3.05) is 6.61 Å². The molecular weight excluding hydrogens is 387 g/mol. The number of nitrogens with one attached hydrogen (secondary N) is 1. The first kappa shape index (κ1) is 18.6. The van der Waals surface area contributed by atoms with E-state index < -0.39 is 29.0 Å². The molecule has 7 heteroatoms. The van der Waals surface area contributed by atoms with E-state index in [1.54, 1.807) is 6.07 Å². The molecule has 5 rings (SSSR count). The molecular formula is C21H24F3NO2S. The van der Waals surface area contributed by atoms with Gasteiger partial charge in [-0.2, -0.15) is 0 Å². The van der Waals surface area contributed by atoms with Crippen molar-refractivity contribution in [1.82, 2.24) is 4.72 Å². The Kier molecular flexibility index (Phi) is 4.38. The number of hydrogen-bond donors (Lipinski definition) is 1. The number of carbonyl (C=O) groups excluding carboxylic acids is 1. The summed E-state index contributed by atoms with van der Waals surface area (Å²) in [4.78, 5) is 12.3. The van der Waals surface area contributed by atoms with Gasteiger partial charge in [-0.25, -0.2) is 13.2 Å². The highest BCUT2D eigenvalue weighted by atomic mass is 32.2. The van der Waals surface area contributed by atoms with Crippen LogP contribution < -0.4 is 9.46 Å². The summed E-state index contributed by atoms with van der Waals surface area (Å²) in [6.07, 6.45) is 6.67. The topological polar surface area (TPSA) is 38.3 Å². The van der Waals surface area contributed by atoms with Gasteiger partial charge in [0.05, 0.1) is 11.0 Å². The molecule has 2 atom stereocenters. The lowest BCUT2D eigenvalue weighted by Gasteiger charge is -2.22. The molecule has 1 aromatic rings. The van der Waals surface area contributed by atoms with Crippen LogP contribution in [0.2, 0.25) is 0 Å². The van der Waals surface area contributed by atoms with E-state index in [9.17, 15) is 18.0 Å². The fourth-order valence-electron chi connectivity index (χ4n) is 4.62. The third-order valence-corrected chi connectivity index (χ3v) is 7.85. The minimum absolute atomic E-state index is 0.00728. The van der Waals surface area contributed by atoms with Crippen molar-refractivity contribution in [1.29, 1.82) is 0 Å². The van der Waals surface area contributed by atoms with Gasteiger partial charge in [0.1, 0.15) is 18.2 Å². The van der Waals surface area contributed by atoms with Crippen molar-refractivity contribution in [2.45, 2.75) is 68.5 Å². The van der Waals surface area contributed by atoms with E-state index in [4.69, 9.17) is 4.74 Å². The summed E-state index contributed by atoms with van der Waals surface area (Å²) < 4.78 is 51.8. The number of carbonyl (C=O) groups is 1. The summed E-state index contributed by atoms with van der Waals surface area (Å²) in [5, 5.41) is 0.431. The first-order valence-corrected chi connectivity index (χ1v) is 11.1. The van der Waals surface area contributed by atoms with Gasteiger partial charge in [-0.15, -0.1) is 0 Å². The minimum atomic E-state index is -2.68. The summed E-state index contributed by atoms with van der Waals surface area (Å²) in [5.41, 5.74) is -0.303. The first-order chi connectivity index (χ1) is 13.4. The highest BCUT2D eigenvalue weighted by Gasteiger charge is 2.80. The van der Waals surface area contributed by atoms with E-state index in [-0.39, 0.29) is 18.1 Å². The molecule has 28 heavy (non-hydrogen) atoms. The Labute approximate surface area is 166 Å². The summed E-state index contributed by atoms with van der Waals surface area (Å²) in [7, 11) is 0. The van der Waals surface area contributed by atoms with Gasteiger partial charge in [-0.3, -0.25) is 9.52 Å². The van der Waals surface area contributed by atoms with E-state index in [2.05, 4.69) is 4.72 Å². The average molecular weight is 411 g/mol. The minimum Gasteiger partial charge on any atom is -0.492 e. The van der Waals surface area contributed by atoms with E-state index >= 15 is 0 Å². The number of alkyl halides is 2. The van der Waals surface area contributed by atoms with Crippen LogP contribution in [0, 0.1) is 17.2 Å². The molecule has 0 saturated heterocycles. The Bertz CT molecular complexity index is 809. The number of fused-ring (bicyclic) bond motifs is 1. The van der Waals surface area contributed by atoms with Crippen molar-refractivity contribution in [3.63, 3.8) is 0 Å².